The zero-order valence-corrected chi connectivity index (χ0v) is 13.5. The number of hydrogen-bond acceptors (Lipinski definition) is 5. The Hall–Kier alpha value is -2.14. The predicted molar refractivity (Wildman–Crippen MR) is 90.8 cm³/mol. The van der Waals surface area contributed by atoms with Crippen LogP contribution in [-0.2, 0) is 5.41 Å². The first-order chi connectivity index (χ1) is 11.3. The number of ether oxygens (including phenoxy) is 3. The van der Waals surface area contributed by atoms with Crippen LogP contribution in [0.25, 0.3) is 0 Å². The second kappa shape index (κ2) is 4.68. The van der Waals surface area contributed by atoms with Gasteiger partial charge in [-0.1, -0.05) is 18.2 Å². The van der Waals surface area contributed by atoms with Crippen LogP contribution < -0.4 is 14.2 Å². The summed E-state index contributed by atoms with van der Waals surface area (Å²) in [5, 5.41) is 1.08. The first-order valence-corrected chi connectivity index (χ1v) is 8.85. The van der Waals surface area contributed by atoms with Crippen molar-refractivity contribution in [2.45, 2.75) is 5.41 Å². The van der Waals surface area contributed by atoms with E-state index in [1.807, 2.05) is 12.1 Å². The first kappa shape index (κ1) is 13.3. The van der Waals surface area contributed by atoms with E-state index < -0.39 is 0 Å². The maximum Gasteiger partial charge on any atom is 0.165 e. The van der Waals surface area contributed by atoms with Crippen molar-refractivity contribution < 1.29 is 14.2 Å². The Morgan fingerprint density at radius 2 is 1.74 bits per heavy atom. The minimum Gasteiger partial charge on any atom is -0.491 e. The summed E-state index contributed by atoms with van der Waals surface area (Å²) >= 11 is 1.68. The second-order valence-electron chi connectivity index (χ2n) is 5.82. The van der Waals surface area contributed by atoms with Crippen molar-refractivity contribution >= 4 is 22.5 Å². The molecule has 5 heteroatoms. The maximum atomic E-state index is 6.06. The van der Waals surface area contributed by atoms with Crippen LogP contribution in [-0.4, -0.2) is 31.1 Å². The van der Waals surface area contributed by atoms with Crippen molar-refractivity contribution in [1.29, 1.82) is 0 Å². The Balaban J connectivity index is 1.76. The van der Waals surface area contributed by atoms with E-state index in [-0.39, 0.29) is 5.41 Å². The number of hydrogen-bond donors (Lipinski definition) is 0. The normalized spacial score (nSPS) is 23.3. The molecule has 2 aromatic carbocycles. The lowest BCUT2D eigenvalue weighted by molar-refractivity contribution is 0.171. The first-order valence-electron chi connectivity index (χ1n) is 7.62. The molecule has 1 spiro atoms. The van der Waals surface area contributed by atoms with Gasteiger partial charge in [-0.3, -0.25) is 0 Å². The minimum absolute atomic E-state index is 0.318. The average Bonchev–Trinajstić information content (AvgIpc) is 3.13. The van der Waals surface area contributed by atoms with Gasteiger partial charge in [0.15, 0.2) is 11.5 Å². The molecule has 5 rings (SSSR count). The number of fused-ring (bicyclic) bond motifs is 5. The van der Waals surface area contributed by atoms with E-state index in [0.717, 1.165) is 33.5 Å². The molecule has 0 N–H and O–H groups in total. The molecule has 0 aliphatic carbocycles. The topological polar surface area (TPSA) is 40.0 Å². The molecule has 1 atom stereocenters. The quantitative estimate of drug-likeness (QED) is 0.743. The molecule has 3 heterocycles. The maximum absolute atomic E-state index is 6.06. The van der Waals surface area contributed by atoms with Crippen molar-refractivity contribution in [3.8, 4) is 17.2 Å². The molecule has 0 aromatic heterocycles. The van der Waals surface area contributed by atoms with Gasteiger partial charge in [0.2, 0.25) is 0 Å². The third kappa shape index (κ3) is 1.66. The van der Waals surface area contributed by atoms with Gasteiger partial charge >= 0.3 is 0 Å². The number of thioether (sulfide) groups is 1. The van der Waals surface area contributed by atoms with Crippen LogP contribution in [0, 0.1) is 0 Å². The van der Waals surface area contributed by atoms with E-state index in [1.54, 1.807) is 11.8 Å². The smallest absolute Gasteiger partial charge is 0.165 e. The Labute approximate surface area is 138 Å². The van der Waals surface area contributed by atoms with Gasteiger partial charge in [-0.05, 0) is 24.0 Å². The molecular weight excluding hydrogens is 310 g/mol. The number of benzene rings is 2. The molecule has 0 fully saturated rings. The fourth-order valence-electron chi connectivity index (χ4n) is 3.66. The highest BCUT2D eigenvalue weighted by Crippen LogP contribution is 2.55. The lowest BCUT2D eigenvalue weighted by Crippen LogP contribution is -2.34. The molecule has 116 valence electrons. The Morgan fingerprint density at radius 1 is 0.957 bits per heavy atom. The van der Waals surface area contributed by atoms with Crippen LogP contribution >= 0.6 is 11.8 Å². The van der Waals surface area contributed by atoms with Gasteiger partial charge in [0.05, 0.1) is 10.7 Å². The summed E-state index contributed by atoms with van der Waals surface area (Å²) in [4.78, 5) is 4.84. The summed E-state index contributed by atoms with van der Waals surface area (Å²) in [5.41, 5.74) is 3.05. The number of aliphatic imine (C=N–C) groups is 1. The van der Waals surface area contributed by atoms with Crippen molar-refractivity contribution in [3.63, 3.8) is 0 Å². The molecule has 0 unspecified atom stereocenters. The van der Waals surface area contributed by atoms with Gasteiger partial charge in [0.1, 0.15) is 31.0 Å². The zero-order valence-electron chi connectivity index (χ0n) is 12.7. The molecule has 2 aromatic rings. The molecule has 0 radical (unpaired) electrons. The van der Waals surface area contributed by atoms with Gasteiger partial charge in [0, 0.05) is 11.6 Å². The van der Waals surface area contributed by atoms with E-state index in [2.05, 4.69) is 30.5 Å². The van der Waals surface area contributed by atoms with Crippen LogP contribution in [0.4, 0.5) is 5.69 Å². The molecule has 3 aliphatic rings. The van der Waals surface area contributed by atoms with E-state index in [9.17, 15) is 0 Å². The number of nitrogens with zero attached hydrogens (tertiary/aromatic N) is 1. The highest BCUT2D eigenvalue weighted by atomic mass is 32.2. The lowest BCUT2D eigenvalue weighted by atomic mass is 9.77. The van der Waals surface area contributed by atoms with E-state index >= 15 is 0 Å². The van der Waals surface area contributed by atoms with E-state index in [1.165, 1.54) is 5.56 Å². The summed E-state index contributed by atoms with van der Waals surface area (Å²) in [7, 11) is 0. The fraction of sp³-hybridized carbons (Fsp3) is 0.278. The monoisotopic (exact) mass is 325 g/mol. The summed E-state index contributed by atoms with van der Waals surface area (Å²) in [5.74, 6) is 2.43. The van der Waals surface area contributed by atoms with Crippen LogP contribution in [0.1, 0.15) is 11.1 Å². The van der Waals surface area contributed by atoms with Crippen LogP contribution in [0.5, 0.6) is 17.2 Å². The zero-order chi connectivity index (χ0) is 15.4. The summed E-state index contributed by atoms with van der Waals surface area (Å²) in [6.45, 7) is 1.74. The third-order valence-electron chi connectivity index (χ3n) is 4.69. The highest BCUT2D eigenvalue weighted by Gasteiger charge is 2.51. The molecule has 23 heavy (non-hydrogen) atoms. The van der Waals surface area contributed by atoms with E-state index in [0.29, 0.717) is 19.8 Å². The summed E-state index contributed by atoms with van der Waals surface area (Å²) in [6, 6.07) is 12.3. The Kier molecular flexibility index (Phi) is 2.71. The molecular formula is C18H15NO3S. The summed E-state index contributed by atoms with van der Waals surface area (Å²) in [6.07, 6.45) is 2.07. The minimum atomic E-state index is -0.318. The predicted octanol–water partition coefficient (Wildman–Crippen LogP) is 3.54. The van der Waals surface area contributed by atoms with Crippen LogP contribution in [0.15, 0.2) is 41.4 Å². The van der Waals surface area contributed by atoms with Crippen LogP contribution in [0.2, 0.25) is 0 Å². The van der Waals surface area contributed by atoms with Crippen molar-refractivity contribution in [2.24, 2.45) is 4.99 Å². The van der Waals surface area contributed by atoms with Crippen LogP contribution in [0.3, 0.4) is 0 Å². The van der Waals surface area contributed by atoms with Gasteiger partial charge < -0.3 is 14.2 Å². The van der Waals surface area contributed by atoms with Gasteiger partial charge in [-0.25, -0.2) is 4.99 Å². The van der Waals surface area contributed by atoms with E-state index in [4.69, 9.17) is 19.2 Å². The standard InChI is InChI=1S/C18H15NO3S/c1-23-17-18(11-4-2-3-5-13(11)19-17)10-22-14-9-16-15(8-12(14)18)20-6-7-21-16/h2-5,8-9H,6-7,10H2,1H3/t18-/m0/s1. The largest absolute Gasteiger partial charge is 0.491 e. The average molecular weight is 325 g/mol. The fourth-order valence-corrected chi connectivity index (χ4v) is 4.48. The highest BCUT2D eigenvalue weighted by molar-refractivity contribution is 8.13. The van der Waals surface area contributed by atoms with Gasteiger partial charge in [0.25, 0.3) is 0 Å². The molecule has 0 saturated heterocycles. The second-order valence-corrected chi connectivity index (χ2v) is 6.62. The number of para-hydroxylation sites is 1. The Bertz CT molecular complexity index is 848. The van der Waals surface area contributed by atoms with Crippen molar-refractivity contribution in [1.82, 2.24) is 0 Å². The lowest BCUT2D eigenvalue weighted by Gasteiger charge is -2.26. The Morgan fingerprint density at radius 3 is 2.57 bits per heavy atom. The molecule has 0 bridgehead atoms. The van der Waals surface area contributed by atoms with Gasteiger partial charge in [-0.2, -0.15) is 0 Å². The SMILES string of the molecule is CSC1=Nc2ccccc2[C@]12COc1cc3c(cc12)OCCO3. The van der Waals surface area contributed by atoms with Gasteiger partial charge in [-0.15, -0.1) is 11.8 Å². The molecule has 0 amide bonds. The number of rotatable bonds is 0. The van der Waals surface area contributed by atoms with Crippen molar-refractivity contribution in [3.05, 3.63) is 47.5 Å². The summed E-state index contributed by atoms with van der Waals surface area (Å²) < 4.78 is 17.5. The van der Waals surface area contributed by atoms with Crippen molar-refractivity contribution in [2.75, 3.05) is 26.1 Å². The molecule has 0 saturated carbocycles. The third-order valence-corrected chi connectivity index (χ3v) is 5.52. The molecule has 3 aliphatic heterocycles. The molecule has 4 nitrogen and oxygen atoms in total.